The molecule has 2 heteroatoms. The molecule has 0 atom stereocenters. The van der Waals surface area contributed by atoms with Crippen LogP contribution < -0.4 is 5.73 Å². The van der Waals surface area contributed by atoms with E-state index in [9.17, 15) is 0 Å². The van der Waals surface area contributed by atoms with Gasteiger partial charge in [-0.2, -0.15) is 11.8 Å². The predicted octanol–water partition coefficient (Wildman–Crippen LogP) is 2.70. The second-order valence-electron chi connectivity index (χ2n) is 3.18. The Morgan fingerprint density at radius 2 is 2.00 bits per heavy atom. The average molecular weight is 207 g/mol. The minimum Gasteiger partial charge on any atom is -0.330 e. The highest BCUT2D eigenvalue weighted by molar-refractivity contribution is 7.99. The maximum Gasteiger partial charge on any atom is 0.0117 e. The summed E-state index contributed by atoms with van der Waals surface area (Å²) in [6.45, 7) is 2.87. The summed E-state index contributed by atoms with van der Waals surface area (Å²) in [6.07, 6.45) is 4.34. The summed E-state index contributed by atoms with van der Waals surface area (Å²) in [4.78, 5) is 0. The summed E-state index contributed by atoms with van der Waals surface area (Å²) < 4.78 is 0. The summed E-state index contributed by atoms with van der Waals surface area (Å²) in [5.41, 5.74) is 7.97. The van der Waals surface area contributed by atoms with Crippen molar-refractivity contribution in [3.05, 3.63) is 41.5 Å². The van der Waals surface area contributed by atoms with Gasteiger partial charge < -0.3 is 5.73 Å². The third kappa shape index (κ3) is 4.49. The molecule has 14 heavy (non-hydrogen) atoms. The zero-order valence-electron chi connectivity index (χ0n) is 8.57. The van der Waals surface area contributed by atoms with Crippen molar-refractivity contribution in [1.29, 1.82) is 0 Å². The zero-order chi connectivity index (χ0) is 10.2. The molecule has 0 aliphatic heterocycles. The highest BCUT2D eigenvalue weighted by Crippen LogP contribution is 2.06. The minimum atomic E-state index is 0.767. The Morgan fingerprint density at radius 1 is 1.29 bits per heavy atom. The molecule has 76 valence electrons. The maximum absolute atomic E-state index is 5.39. The van der Waals surface area contributed by atoms with Gasteiger partial charge in [0.1, 0.15) is 0 Å². The molecule has 0 unspecified atom stereocenters. The fraction of sp³-hybridized carbons (Fsp3) is 0.333. The van der Waals surface area contributed by atoms with Gasteiger partial charge in [-0.15, -0.1) is 0 Å². The summed E-state index contributed by atoms with van der Waals surface area (Å²) in [5.74, 6) is 2.09. The number of nitrogens with two attached hydrogens (primary N) is 1. The smallest absolute Gasteiger partial charge is 0.0117 e. The Hall–Kier alpha value is -0.730. The number of hydrogen-bond donors (Lipinski definition) is 1. The van der Waals surface area contributed by atoms with Crippen molar-refractivity contribution >= 4 is 17.8 Å². The number of hydrogen-bond acceptors (Lipinski definition) is 2. The van der Waals surface area contributed by atoms with Crippen LogP contribution in [0, 0.1) is 6.92 Å². The van der Waals surface area contributed by atoms with Gasteiger partial charge >= 0.3 is 0 Å². The Labute approximate surface area is 90.4 Å². The van der Waals surface area contributed by atoms with E-state index in [0.29, 0.717) is 0 Å². The first-order valence-corrected chi connectivity index (χ1v) is 5.99. The molecule has 0 amide bonds. The lowest BCUT2D eigenvalue weighted by molar-refractivity contribution is 1.15. The number of rotatable bonds is 5. The average Bonchev–Trinajstić information content (AvgIpc) is 2.21. The van der Waals surface area contributed by atoms with Crippen molar-refractivity contribution in [3.63, 3.8) is 0 Å². The SMILES string of the molecule is Cc1ccc(C=CCSCCN)cc1. The summed E-state index contributed by atoms with van der Waals surface area (Å²) >= 11 is 1.86. The third-order valence-electron chi connectivity index (χ3n) is 1.86. The molecule has 1 aromatic rings. The molecule has 0 aliphatic carbocycles. The Balaban J connectivity index is 2.33. The van der Waals surface area contributed by atoms with Crippen LogP contribution in [0.4, 0.5) is 0 Å². The van der Waals surface area contributed by atoms with E-state index in [1.165, 1.54) is 11.1 Å². The predicted molar refractivity (Wildman–Crippen MR) is 66.6 cm³/mol. The fourth-order valence-electron chi connectivity index (χ4n) is 1.10. The van der Waals surface area contributed by atoms with Crippen LogP contribution in [0.1, 0.15) is 11.1 Å². The number of aryl methyl sites for hydroxylation is 1. The van der Waals surface area contributed by atoms with E-state index in [1.807, 2.05) is 11.8 Å². The van der Waals surface area contributed by atoms with E-state index in [-0.39, 0.29) is 0 Å². The van der Waals surface area contributed by atoms with Crippen molar-refractivity contribution in [2.24, 2.45) is 5.73 Å². The molecule has 0 bridgehead atoms. The molecule has 0 saturated heterocycles. The Morgan fingerprint density at radius 3 is 2.64 bits per heavy atom. The van der Waals surface area contributed by atoms with Gasteiger partial charge in [0.25, 0.3) is 0 Å². The fourth-order valence-corrected chi connectivity index (χ4v) is 1.66. The highest BCUT2D eigenvalue weighted by atomic mass is 32.2. The van der Waals surface area contributed by atoms with Crippen molar-refractivity contribution in [1.82, 2.24) is 0 Å². The molecule has 0 heterocycles. The molecule has 1 rings (SSSR count). The molecule has 0 spiro atoms. The number of thioether (sulfide) groups is 1. The van der Waals surface area contributed by atoms with Crippen molar-refractivity contribution in [3.8, 4) is 0 Å². The van der Waals surface area contributed by atoms with Gasteiger partial charge in [0.05, 0.1) is 0 Å². The van der Waals surface area contributed by atoms with Gasteiger partial charge in [-0.3, -0.25) is 0 Å². The molecule has 1 nitrogen and oxygen atoms in total. The van der Waals surface area contributed by atoms with E-state index in [0.717, 1.165) is 18.1 Å². The Bertz CT molecular complexity index is 277. The first kappa shape index (κ1) is 11.3. The quantitative estimate of drug-likeness (QED) is 0.751. The van der Waals surface area contributed by atoms with Crippen LogP contribution in [0.2, 0.25) is 0 Å². The standard InChI is InChI=1S/C12H17NS/c1-11-4-6-12(7-5-11)3-2-9-14-10-8-13/h2-7H,8-10,13H2,1H3. The second kappa shape index (κ2) is 6.68. The van der Waals surface area contributed by atoms with Crippen LogP contribution in [-0.2, 0) is 0 Å². The molecule has 0 aliphatic rings. The van der Waals surface area contributed by atoms with E-state index in [1.54, 1.807) is 0 Å². The van der Waals surface area contributed by atoms with Crippen LogP contribution in [0.15, 0.2) is 30.3 Å². The molecular weight excluding hydrogens is 190 g/mol. The van der Waals surface area contributed by atoms with Crippen LogP contribution in [0.25, 0.3) is 6.08 Å². The minimum absolute atomic E-state index is 0.767. The van der Waals surface area contributed by atoms with Gasteiger partial charge in [-0.05, 0) is 12.5 Å². The van der Waals surface area contributed by atoms with Crippen LogP contribution in [0.3, 0.4) is 0 Å². The van der Waals surface area contributed by atoms with Gasteiger partial charge in [-0.25, -0.2) is 0 Å². The highest BCUT2D eigenvalue weighted by Gasteiger charge is 1.86. The maximum atomic E-state index is 5.39. The lowest BCUT2D eigenvalue weighted by atomic mass is 10.1. The van der Waals surface area contributed by atoms with Crippen molar-refractivity contribution in [2.45, 2.75) is 6.92 Å². The molecule has 0 aromatic heterocycles. The van der Waals surface area contributed by atoms with Gasteiger partial charge in [0.15, 0.2) is 0 Å². The van der Waals surface area contributed by atoms with Gasteiger partial charge in [-0.1, -0.05) is 42.0 Å². The van der Waals surface area contributed by atoms with Crippen LogP contribution >= 0.6 is 11.8 Å². The molecule has 0 fully saturated rings. The largest absolute Gasteiger partial charge is 0.330 e. The molecule has 0 saturated carbocycles. The van der Waals surface area contributed by atoms with Crippen LogP contribution in [-0.4, -0.2) is 18.1 Å². The second-order valence-corrected chi connectivity index (χ2v) is 4.33. The van der Waals surface area contributed by atoms with Crippen molar-refractivity contribution in [2.75, 3.05) is 18.1 Å². The monoisotopic (exact) mass is 207 g/mol. The lowest BCUT2D eigenvalue weighted by Crippen LogP contribution is -2.01. The topological polar surface area (TPSA) is 26.0 Å². The van der Waals surface area contributed by atoms with Gasteiger partial charge in [0, 0.05) is 18.1 Å². The summed E-state index contributed by atoms with van der Waals surface area (Å²) in [7, 11) is 0. The summed E-state index contributed by atoms with van der Waals surface area (Å²) in [6, 6.07) is 8.54. The summed E-state index contributed by atoms with van der Waals surface area (Å²) in [5, 5.41) is 0. The van der Waals surface area contributed by atoms with E-state index >= 15 is 0 Å². The van der Waals surface area contributed by atoms with E-state index in [2.05, 4.69) is 43.3 Å². The molecule has 2 N–H and O–H groups in total. The molecular formula is C12H17NS. The van der Waals surface area contributed by atoms with E-state index < -0.39 is 0 Å². The first-order valence-electron chi connectivity index (χ1n) is 4.84. The number of benzene rings is 1. The normalized spacial score (nSPS) is 11.0. The Kier molecular flexibility index (Phi) is 5.42. The first-order chi connectivity index (χ1) is 6.83. The molecule has 0 radical (unpaired) electrons. The third-order valence-corrected chi connectivity index (χ3v) is 2.82. The van der Waals surface area contributed by atoms with Crippen molar-refractivity contribution < 1.29 is 0 Å². The van der Waals surface area contributed by atoms with Crippen LogP contribution in [0.5, 0.6) is 0 Å². The van der Waals surface area contributed by atoms with E-state index in [4.69, 9.17) is 5.73 Å². The zero-order valence-corrected chi connectivity index (χ0v) is 9.39. The molecule has 1 aromatic carbocycles. The van der Waals surface area contributed by atoms with Gasteiger partial charge in [0.2, 0.25) is 0 Å². The lowest BCUT2D eigenvalue weighted by Gasteiger charge is -1.95.